The lowest BCUT2D eigenvalue weighted by Crippen LogP contribution is -2.12. The summed E-state index contributed by atoms with van der Waals surface area (Å²) in [5, 5.41) is 0. The van der Waals surface area contributed by atoms with E-state index in [-0.39, 0.29) is 0 Å². The van der Waals surface area contributed by atoms with E-state index in [0.29, 0.717) is 0 Å². The van der Waals surface area contributed by atoms with Crippen molar-refractivity contribution >= 4 is 5.52 Å². The molecule has 0 aliphatic rings. The predicted octanol–water partition coefficient (Wildman–Crippen LogP) is 3.37. The zero-order chi connectivity index (χ0) is 14.1. The Hall–Kier alpha value is -2.13. The van der Waals surface area contributed by atoms with Crippen LogP contribution in [0.15, 0.2) is 48.8 Å². The van der Waals surface area contributed by atoms with E-state index in [4.69, 9.17) is 0 Å². The number of fused-ring (bicyclic) bond motifs is 1. The van der Waals surface area contributed by atoms with Gasteiger partial charge in [-0.3, -0.25) is 4.98 Å². The topological polar surface area (TPSA) is 20.5 Å². The van der Waals surface area contributed by atoms with Gasteiger partial charge in [0.15, 0.2) is 0 Å². The molecular formula is C17H19N3. The molecule has 2 heterocycles. The summed E-state index contributed by atoms with van der Waals surface area (Å²) >= 11 is 0. The average Bonchev–Trinajstić information content (AvgIpc) is 2.82. The third-order valence-electron chi connectivity index (χ3n) is 3.47. The number of aryl methyl sites for hydroxylation is 1. The van der Waals surface area contributed by atoms with Crippen LogP contribution in [0.25, 0.3) is 16.8 Å². The van der Waals surface area contributed by atoms with Crippen molar-refractivity contribution < 1.29 is 0 Å². The number of hydrogen-bond acceptors (Lipinski definition) is 2. The van der Waals surface area contributed by atoms with Crippen LogP contribution in [-0.4, -0.2) is 28.4 Å². The fourth-order valence-electron chi connectivity index (χ4n) is 2.49. The molecule has 0 aliphatic carbocycles. The average molecular weight is 265 g/mol. The number of aromatic nitrogens is 2. The molecule has 0 saturated carbocycles. The Kier molecular flexibility index (Phi) is 3.28. The van der Waals surface area contributed by atoms with Gasteiger partial charge in [-0.05, 0) is 33.2 Å². The largest absolute Gasteiger partial charge is 0.316 e. The lowest BCUT2D eigenvalue weighted by Gasteiger charge is -2.10. The van der Waals surface area contributed by atoms with E-state index < -0.39 is 0 Å². The van der Waals surface area contributed by atoms with Crippen LogP contribution in [0.3, 0.4) is 0 Å². The Labute approximate surface area is 119 Å². The second kappa shape index (κ2) is 5.10. The monoisotopic (exact) mass is 265 g/mol. The molecule has 0 atom stereocenters. The van der Waals surface area contributed by atoms with Crippen molar-refractivity contribution in [2.24, 2.45) is 0 Å². The van der Waals surface area contributed by atoms with Crippen LogP contribution in [0.5, 0.6) is 0 Å². The van der Waals surface area contributed by atoms with E-state index in [1.807, 2.05) is 12.4 Å². The number of benzene rings is 1. The minimum absolute atomic E-state index is 0.922. The van der Waals surface area contributed by atoms with E-state index in [0.717, 1.165) is 23.3 Å². The number of hydrogen-bond donors (Lipinski definition) is 0. The highest BCUT2D eigenvalue weighted by molar-refractivity contribution is 5.77. The molecule has 0 fully saturated rings. The van der Waals surface area contributed by atoms with Crippen LogP contribution in [0, 0.1) is 6.92 Å². The smallest absolute Gasteiger partial charge is 0.0942 e. The van der Waals surface area contributed by atoms with Gasteiger partial charge in [0.25, 0.3) is 0 Å². The van der Waals surface area contributed by atoms with Gasteiger partial charge in [0.05, 0.1) is 11.2 Å². The molecule has 3 heteroatoms. The number of nitrogens with zero attached hydrogens (tertiary/aromatic N) is 3. The zero-order valence-electron chi connectivity index (χ0n) is 12.2. The van der Waals surface area contributed by atoms with Gasteiger partial charge in [0.1, 0.15) is 0 Å². The molecule has 1 aromatic carbocycles. The molecule has 0 radical (unpaired) electrons. The normalized spacial score (nSPS) is 11.4. The Morgan fingerprint density at radius 2 is 1.80 bits per heavy atom. The van der Waals surface area contributed by atoms with Gasteiger partial charge in [-0.1, -0.05) is 29.8 Å². The highest BCUT2D eigenvalue weighted by atomic mass is 15.1. The van der Waals surface area contributed by atoms with Crippen LogP contribution in [0.1, 0.15) is 11.3 Å². The molecule has 0 aliphatic heterocycles. The summed E-state index contributed by atoms with van der Waals surface area (Å²) in [7, 11) is 4.17. The summed E-state index contributed by atoms with van der Waals surface area (Å²) in [5.74, 6) is 0. The van der Waals surface area contributed by atoms with Crippen LogP contribution >= 0.6 is 0 Å². The molecule has 0 bridgehead atoms. The van der Waals surface area contributed by atoms with Gasteiger partial charge < -0.3 is 9.30 Å². The Balaban J connectivity index is 2.12. The highest BCUT2D eigenvalue weighted by Gasteiger charge is 2.09. The van der Waals surface area contributed by atoms with Crippen LogP contribution < -0.4 is 0 Å². The third kappa shape index (κ3) is 2.32. The summed E-state index contributed by atoms with van der Waals surface area (Å²) in [6.45, 7) is 3.02. The maximum Gasteiger partial charge on any atom is 0.0942 e. The summed E-state index contributed by atoms with van der Waals surface area (Å²) in [4.78, 5) is 6.74. The minimum atomic E-state index is 0.922. The first kappa shape index (κ1) is 12.9. The molecule has 0 saturated heterocycles. The van der Waals surface area contributed by atoms with Crippen molar-refractivity contribution in [1.29, 1.82) is 0 Å². The SMILES string of the molecule is Cc1ccc(-c2nccn3c(CN(C)C)ccc23)cc1. The first-order chi connectivity index (χ1) is 9.65. The quantitative estimate of drug-likeness (QED) is 0.723. The first-order valence-corrected chi connectivity index (χ1v) is 6.82. The van der Waals surface area contributed by atoms with Crippen molar-refractivity contribution in [1.82, 2.24) is 14.3 Å². The molecule has 3 aromatic rings. The van der Waals surface area contributed by atoms with Crippen LogP contribution in [-0.2, 0) is 6.54 Å². The maximum atomic E-state index is 4.56. The van der Waals surface area contributed by atoms with Crippen LogP contribution in [0.4, 0.5) is 0 Å². The van der Waals surface area contributed by atoms with E-state index in [2.05, 4.69) is 71.7 Å². The first-order valence-electron chi connectivity index (χ1n) is 6.82. The molecule has 20 heavy (non-hydrogen) atoms. The molecule has 102 valence electrons. The molecule has 0 spiro atoms. The summed E-state index contributed by atoms with van der Waals surface area (Å²) < 4.78 is 2.22. The molecule has 0 unspecified atom stereocenters. The van der Waals surface area contributed by atoms with Gasteiger partial charge in [-0.15, -0.1) is 0 Å². The fourth-order valence-corrected chi connectivity index (χ4v) is 2.49. The van der Waals surface area contributed by atoms with Gasteiger partial charge in [-0.2, -0.15) is 0 Å². The summed E-state index contributed by atoms with van der Waals surface area (Å²) in [6, 6.07) is 12.9. The molecular weight excluding hydrogens is 246 g/mol. The summed E-state index contributed by atoms with van der Waals surface area (Å²) in [6.07, 6.45) is 3.91. The highest BCUT2D eigenvalue weighted by Crippen LogP contribution is 2.24. The van der Waals surface area contributed by atoms with E-state index in [1.54, 1.807) is 0 Å². The van der Waals surface area contributed by atoms with Gasteiger partial charge >= 0.3 is 0 Å². The van der Waals surface area contributed by atoms with E-state index >= 15 is 0 Å². The van der Waals surface area contributed by atoms with Crippen LogP contribution in [0.2, 0.25) is 0 Å². The lowest BCUT2D eigenvalue weighted by molar-refractivity contribution is 0.395. The van der Waals surface area contributed by atoms with Crippen molar-refractivity contribution in [3.8, 4) is 11.3 Å². The van der Waals surface area contributed by atoms with Gasteiger partial charge in [0.2, 0.25) is 0 Å². The van der Waals surface area contributed by atoms with Crippen molar-refractivity contribution in [2.75, 3.05) is 14.1 Å². The Bertz CT molecular complexity index is 724. The fraction of sp³-hybridized carbons (Fsp3) is 0.235. The van der Waals surface area contributed by atoms with Gasteiger partial charge in [0, 0.05) is 30.2 Å². The second-order valence-electron chi connectivity index (χ2n) is 5.46. The zero-order valence-corrected chi connectivity index (χ0v) is 12.2. The molecule has 2 aromatic heterocycles. The molecule has 0 N–H and O–H groups in total. The standard InChI is InChI=1S/C17H19N3/c1-13-4-6-14(7-5-13)17-16-9-8-15(12-19(2)3)20(16)11-10-18-17/h4-11H,12H2,1-3H3. The Morgan fingerprint density at radius 3 is 2.50 bits per heavy atom. The molecule has 0 amide bonds. The van der Waals surface area contributed by atoms with Crippen molar-refractivity contribution in [3.05, 3.63) is 60.0 Å². The molecule has 3 rings (SSSR count). The van der Waals surface area contributed by atoms with E-state index in [1.165, 1.54) is 11.3 Å². The predicted molar refractivity (Wildman–Crippen MR) is 82.8 cm³/mol. The van der Waals surface area contributed by atoms with E-state index in [9.17, 15) is 0 Å². The lowest BCUT2D eigenvalue weighted by atomic mass is 10.1. The third-order valence-corrected chi connectivity index (χ3v) is 3.47. The van der Waals surface area contributed by atoms with Crippen molar-refractivity contribution in [3.63, 3.8) is 0 Å². The Morgan fingerprint density at radius 1 is 1.05 bits per heavy atom. The number of rotatable bonds is 3. The van der Waals surface area contributed by atoms with Crippen molar-refractivity contribution in [2.45, 2.75) is 13.5 Å². The second-order valence-corrected chi connectivity index (χ2v) is 5.46. The minimum Gasteiger partial charge on any atom is -0.316 e. The van der Waals surface area contributed by atoms with Gasteiger partial charge in [-0.25, -0.2) is 0 Å². The summed E-state index contributed by atoms with van der Waals surface area (Å²) in [5.41, 5.74) is 5.91. The maximum absolute atomic E-state index is 4.56. The molecule has 3 nitrogen and oxygen atoms in total.